The number of hydrogen-bond acceptors (Lipinski definition) is 8. The average molecular weight is 347 g/mol. The first-order chi connectivity index (χ1) is 12.0. The van der Waals surface area contributed by atoms with E-state index in [1.807, 2.05) is 0 Å². The lowest BCUT2D eigenvalue weighted by atomic mass is 9.98. The second-order valence-electron chi connectivity index (χ2n) is 4.97. The topological polar surface area (TPSA) is 110 Å². The normalized spacial score (nSPS) is 11.5. The molecule has 25 heavy (non-hydrogen) atoms. The maximum absolute atomic E-state index is 12.5. The molecule has 1 aromatic carbocycles. The molecular formula is C16H17N3O6. The quantitative estimate of drug-likeness (QED) is 0.411. The van der Waals surface area contributed by atoms with E-state index in [9.17, 15) is 14.4 Å². The number of hydrogen-bond donors (Lipinski definition) is 0. The molecule has 0 radical (unpaired) electrons. The Morgan fingerprint density at radius 2 is 1.76 bits per heavy atom. The third-order valence-corrected chi connectivity index (χ3v) is 3.48. The zero-order valence-electron chi connectivity index (χ0n) is 14.0. The van der Waals surface area contributed by atoms with Crippen LogP contribution in [0.1, 0.15) is 16.9 Å². The van der Waals surface area contributed by atoms with Gasteiger partial charge in [-0.3, -0.25) is 14.4 Å². The van der Waals surface area contributed by atoms with E-state index in [4.69, 9.17) is 4.74 Å². The Bertz CT molecular complexity index is 768. The van der Waals surface area contributed by atoms with E-state index < -0.39 is 30.1 Å². The number of carbonyl (C=O) groups is 3. The molecule has 0 amide bonds. The van der Waals surface area contributed by atoms with Gasteiger partial charge in [0, 0.05) is 0 Å². The number of carbonyl (C=O) groups excluding carboxylic acids is 3. The summed E-state index contributed by atoms with van der Waals surface area (Å²) < 4.78 is 15.5. The number of esters is 2. The smallest absolute Gasteiger partial charge is 0.317 e. The fraction of sp³-hybridized carbons (Fsp3) is 0.312. The number of benzene rings is 1. The molecule has 2 rings (SSSR count). The zero-order chi connectivity index (χ0) is 18.4. The summed E-state index contributed by atoms with van der Waals surface area (Å²) in [6, 6.07) is 6.92. The molecule has 0 spiro atoms. The molecule has 0 aliphatic heterocycles. The molecule has 1 atom stereocenters. The maximum atomic E-state index is 12.5. The fourth-order valence-corrected chi connectivity index (χ4v) is 2.09. The zero-order valence-corrected chi connectivity index (χ0v) is 14.0. The largest absolute Gasteiger partial charge is 0.497 e. The van der Waals surface area contributed by atoms with Crippen LogP contribution in [0, 0.1) is 5.92 Å². The number of methoxy groups -OCH3 is 3. The highest BCUT2D eigenvalue weighted by Crippen LogP contribution is 2.17. The lowest BCUT2D eigenvalue weighted by Gasteiger charge is -2.10. The number of ether oxygens (including phenoxy) is 3. The molecule has 1 aromatic heterocycles. The van der Waals surface area contributed by atoms with Crippen molar-refractivity contribution in [2.24, 2.45) is 5.92 Å². The number of ketones is 1. The minimum Gasteiger partial charge on any atom is -0.497 e. The van der Waals surface area contributed by atoms with Crippen LogP contribution >= 0.6 is 0 Å². The van der Waals surface area contributed by atoms with E-state index in [1.165, 1.54) is 18.0 Å². The summed E-state index contributed by atoms with van der Waals surface area (Å²) >= 11 is 0. The molecule has 0 aliphatic rings. The van der Waals surface area contributed by atoms with Gasteiger partial charge in [-0.1, -0.05) is 5.21 Å². The van der Waals surface area contributed by atoms with Crippen LogP contribution in [-0.4, -0.2) is 54.0 Å². The number of rotatable bonds is 7. The highest BCUT2D eigenvalue weighted by atomic mass is 16.5. The Kier molecular flexibility index (Phi) is 5.83. The number of aromatic nitrogens is 3. The van der Waals surface area contributed by atoms with Crippen molar-refractivity contribution < 1.29 is 28.6 Å². The first-order valence-electron chi connectivity index (χ1n) is 7.25. The van der Waals surface area contributed by atoms with E-state index in [-0.39, 0.29) is 5.69 Å². The Hall–Kier alpha value is -3.23. The van der Waals surface area contributed by atoms with Crippen LogP contribution in [0.3, 0.4) is 0 Å². The summed E-state index contributed by atoms with van der Waals surface area (Å²) in [6.45, 7) is 0. The minimum atomic E-state index is -1.33. The van der Waals surface area contributed by atoms with Gasteiger partial charge in [0.25, 0.3) is 0 Å². The van der Waals surface area contributed by atoms with Crippen LogP contribution in [0.5, 0.6) is 5.75 Å². The van der Waals surface area contributed by atoms with Crippen LogP contribution in [0.15, 0.2) is 30.5 Å². The van der Waals surface area contributed by atoms with Crippen LogP contribution in [0.2, 0.25) is 0 Å². The van der Waals surface area contributed by atoms with Gasteiger partial charge in [0.15, 0.2) is 5.78 Å². The monoisotopic (exact) mass is 347 g/mol. The van der Waals surface area contributed by atoms with E-state index in [0.717, 1.165) is 7.11 Å². The predicted molar refractivity (Wildman–Crippen MR) is 84.4 cm³/mol. The van der Waals surface area contributed by atoms with Crippen molar-refractivity contribution in [3.8, 4) is 11.4 Å². The van der Waals surface area contributed by atoms with Crippen molar-refractivity contribution >= 4 is 17.7 Å². The first kappa shape index (κ1) is 18.1. The Balaban J connectivity index is 2.24. The van der Waals surface area contributed by atoms with Crippen molar-refractivity contribution in [1.29, 1.82) is 0 Å². The SMILES string of the molecule is COC(=O)C[C@@H](C(=O)OC)C(=O)c1cn(-c2ccc(OC)cc2)nn1. The molecule has 0 aliphatic carbocycles. The third kappa shape index (κ3) is 4.19. The second-order valence-corrected chi connectivity index (χ2v) is 4.97. The van der Waals surface area contributed by atoms with Gasteiger partial charge in [0.2, 0.25) is 0 Å². The molecule has 9 nitrogen and oxygen atoms in total. The molecule has 1 heterocycles. The predicted octanol–water partition coefficient (Wildman–Crippen LogP) is 0.811. The first-order valence-corrected chi connectivity index (χ1v) is 7.25. The van der Waals surface area contributed by atoms with Crippen LogP contribution in [-0.2, 0) is 19.1 Å². The Labute approximate surface area is 143 Å². The molecule has 0 saturated carbocycles. The van der Waals surface area contributed by atoms with E-state index in [2.05, 4.69) is 19.8 Å². The van der Waals surface area contributed by atoms with Gasteiger partial charge in [-0.05, 0) is 24.3 Å². The molecule has 132 valence electrons. The summed E-state index contributed by atoms with van der Waals surface area (Å²) in [6.07, 6.45) is 0.939. The fourth-order valence-electron chi connectivity index (χ4n) is 2.09. The standard InChI is InChI=1S/C16H17N3O6/c1-23-11-6-4-10(5-7-11)19-9-13(17-18-19)15(21)12(16(22)25-3)8-14(20)24-2/h4-7,9,12H,8H2,1-3H3/t12-/m1/s1. The Morgan fingerprint density at radius 3 is 2.32 bits per heavy atom. The van der Waals surface area contributed by atoms with Crippen molar-refractivity contribution in [2.75, 3.05) is 21.3 Å². The number of Topliss-reactive ketones (excluding diaryl/α,β-unsaturated/α-hetero) is 1. The lowest BCUT2D eigenvalue weighted by molar-refractivity contribution is -0.150. The highest BCUT2D eigenvalue weighted by molar-refractivity contribution is 6.09. The van der Waals surface area contributed by atoms with Gasteiger partial charge in [-0.15, -0.1) is 5.10 Å². The molecule has 0 bridgehead atoms. The van der Waals surface area contributed by atoms with Crippen molar-refractivity contribution in [3.05, 3.63) is 36.2 Å². The lowest BCUT2D eigenvalue weighted by Crippen LogP contribution is -2.28. The van der Waals surface area contributed by atoms with Crippen LogP contribution < -0.4 is 4.74 Å². The third-order valence-electron chi connectivity index (χ3n) is 3.48. The summed E-state index contributed by atoms with van der Waals surface area (Å²) in [5.74, 6) is -2.87. The van der Waals surface area contributed by atoms with Gasteiger partial charge >= 0.3 is 11.9 Å². The van der Waals surface area contributed by atoms with Gasteiger partial charge in [-0.2, -0.15) is 0 Å². The van der Waals surface area contributed by atoms with Gasteiger partial charge < -0.3 is 14.2 Å². The molecular weight excluding hydrogens is 330 g/mol. The summed E-state index contributed by atoms with van der Waals surface area (Å²) in [5, 5.41) is 7.64. The van der Waals surface area contributed by atoms with Crippen LogP contribution in [0.25, 0.3) is 5.69 Å². The van der Waals surface area contributed by atoms with Gasteiger partial charge in [-0.25, -0.2) is 4.68 Å². The molecule has 2 aromatic rings. The van der Waals surface area contributed by atoms with Crippen molar-refractivity contribution in [1.82, 2.24) is 15.0 Å². The molecule has 0 N–H and O–H groups in total. The second kappa shape index (κ2) is 8.04. The van der Waals surface area contributed by atoms with Crippen molar-refractivity contribution in [3.63, 3.8) is 0 Å². The Morgan fingerprint density at radius 1 is 1.08 bits per heavy atom. The maximum Gasteiger partial charge on any atom is 0.317 e. The van der Waals surface area contributed by atoms with E-state index in [0.29, 0.717) is 11.4 Å². The molecule has 0 fully saturated rings. The average Bonchev–Trinajstić information content (AvgIpc) is 3.14. The highest BCUT2D eigenvalue weighted by Gasteiger charge is 2.33. The molecule has 9 heteroatoms. The van der Waals surface area contributed by atoms with Gasteiger partial charge in [0.05, 0.1) is 39.6 Å². The summed E-state index contributed by atoms with van der Waals surface area (Å²) in [4.78, 5) is 35.7. The van der Waals surface area contributed by atoms with E-state index in [1.54, 1.807) is 31.4 Å². The van der Waals surface area contributed by atoms with E-state index >= 15 is 0 Å². The summed E-state index contributed by atoms with van der Waals surface area (Å²) in [7, 11) is 3.85. The van der Waals surface area contributed by atoms with Crippen molar-refractivity contribution in [2.45, 2.75) is 6.42 Å². The minimum absolute atomic E-state index is 0.0601. The number of nitrogens with zero attached hydrogens (tertiary/aromatic N) is 3. The van der Waals surface area contributed by atoms with Crippen LogP contribution in [0.4, 0.5) is 0 Å². The molecule has 0 unspecified atom stereocenters. The van der Waals surface area contributed by atoms with Gasteiger partial charge in [0.1, 0.15) is 17.4 Å². The summed E-state index contributed by atoms with van der Waals surface area (Å²) in [5.41, 5.74) is 0.588. The molecule has 0 saturated heterocycles.